The van der Waals surface area contributed by atoms with Crippen molar-refractivity contribution in [3.63, 3.8) is 0 Å². The molecule has 11 heavy (non-hydrogen) atoms. The monoisotopic (exact) mass is 213 g/mol. The lowest BCUT2D eigenvalue weighted by Crippen LogP contribution is -1.82. The van der Waals surface area contributed by atoms with Gasteiger partial charge in [0.1, 0.15) is 6.54 Å². The van der Waals surface area contributed by atoms with Gasteiger partial charge in [-0.15, -0.1) is 0 Å². The summed E-state index contributed by atoms with van der Waals surface area (Å²) < 4.78 is 0.996. The Hall–Kier alpha value is -0.700. The van der Waals surface area contributed by atoms with Gasteiger partial charge in [0.15, 0.2) is 0 Å². The molecule has 0 saturated carbocycles. The van der Waals surface area contributed by atoms with E-state index in [0.29, 0.717) is 0 Å². The number of benzene rings is 1. The van der Waals surface area contributed by atoms with E-state index in [1.165, 1.54) is 0 Å². The predicted molar refractivity (Wildman–Crippen MR) is 48.4 cm³/mol. The normalized spacial score (nSPS) is 9.64. The van der Waals surface area contributed by atoms with E-state index < -0.39 is 0 Å². The van der Waals surface area contributed by atoms with Crippen LogP contribution in [0, 0.1) is 11.8 Å². The third kappa shape index (κ3) is 2.42. The summed E-state index contributed by atoms with van der Waals surface area (Å²) in [6.45, 7) is 2.24. The second-order valence-electron chi connectivity index (χ2n) is 2.42. The zero-order chi connectivity index (χ0) is 8.27. The van der Waals surface area contributed by atoms with Crippen LogP contribution >= 0.6 is 15.9 Å². The van der Waals surface area contributed by atoms with Crippen molar-refractivity contribution < 1.29 is 0 Å². The number of hydrogen-bond acceptors (Lipinski definition) is 2. The maximum Gasteiger partial charge on any atom is 0.106 e. The van der Waals surface area contributed by atoms with Crippen LogP contribution < -0.4 is 0 Å². The molecule has 0 aromatic heterocycles. The van der Waals surface area contributed by atoms with Gasteiger partial charge in [-0.25, -0.2) is 0 Å². The van der Waals surface area contributed by atoms with Gasteiger partial charge in [0.25, 0.3) is 0 Å². The van der Waals surface area contributed by atoms with Gasteiger partial charge in [0, 0.05) is 4.47 Å². The lowest BCUT2D eigenvalue weighted by molar-refractivity contribution is 1.05. The molecule has 0 aliphatic carbocycles. The van der Waals surface area contributed by atoms with E-state index >= 15 is 0 Å². The number of nitroso groups, excluding NO2 is 1. The lowest BCUT2D eigenvalue weighted by atomic mass is 10.1. The van der Waals surface area contributed by atoms with Crippen molar-refractivity contribution in [2.24, 2.45) is 5.18 Å². The topological polar surface area (TPSA) is 29.4 Å². The maximum absolute atomic E-state index is 9.93. The van der Waals surface area contributed by atoms with Gasteiger partial charge in [-0.1, -0.05) is 27.2 Å². The molecule has 3 heteroatoms. The summed E-state index contributed by atoms with van der Waals surface area (Å²) in [6, 6.07) is 5.84. The number of rotatable bonds is 2. The van der Waals surface area contributed by atoms with E-state index in [1.54, 1.807) is 0 Å². The number of hydrogen-bond donors (Lipinski definition) is 0. The fourth-order valence-corrected chi connectivity index (χ4v) is 1.63. The van der Waals surface area contributed by atoms with Gasteiger partial charge in [-0.3, -0.25) is 0 Å². The highest BCUT2D eigenvalue weighted by molar-refractivity contribution is 9.10. The molecule has 0 aliphatic heterocycles. The average molecular weight is 214 g/mol. The van der Waals surface area contributed by atoms with Gasteiger partial charge >= 0.3 is 0 Å². The van der Waals surface area contributed by atoms with E-state index in [0.717, 1.165) is 15.6 Å². The first kappa shape index (κ1) is 8.40. The summed E-state index contributed by atoms with van der Waals surface area (Å²) in [7, 11) is 0. The standard InChI is InChI=1S/C8H8BrNO/c1-6-2-7(5-10-11)4-8(9)3-6/h2-4H,5H2,1H3. The third-order valence-corrected chi connectivity index (χ3v) is 1.81. The van der Waals surface area contributed by atoms with Crippen LogP contribution in [-0.4, -0.2) is 0 Å². The summed E-state index contributed by atoms with van der Waals surface area (Å²) in [4.78, 5) is 9.93. The molecule has 1 rings (SSSR count). The van der Waals surface area contributed by atoms with E-state index in [2.05, 4.69) is 21.1 Å². The fourth-order valence-electron chi connectivity index (χ4n) is 0.978. The molecule has 0 radical (unpaired) electrons. The van der Waals surface area contributed by atoms with Gasteiger partial charge in [0.05, 0.1) is 0 Å². The van der Waals surface area contributed by atoms with Crippen molar-refractivity contribution in [1.29, 1.82) is 0 Å². The fraction of sp³-hybridized carbons (Fsp3) is 0.250. The molecule has 0 amide bonds. The molecule has 0 aliphatic rings. The summed E-state index contributed by atoms with van der Waals surface area (Å²) in [5, 5.41) is 2.82. The molecule has 1 aromatic carbocycles. The SMILES string of the molecule is Cc1cc(Br)cc(CN=O)c1. The Morgan fingerprint density at radius 2 is 2.18 bits per heavy atom. The molecule has 0 spiro atoms. The molecule has 0 atom stereocenters. The molecule has 58 valence electrons. The van der Waals surface area contributed by atoms with E-state index in [-0.39, 0.29) is 6.54 Å². The average Bonchev–Trinajstić information content (AvgIpc) is 1.85. The van der Waals surface area contributed by atoms with Crippen LogP contribution in [0.2, 0.25) is 0 Å². The van der Waals surface area contributed by atoms with E-state index in [1.807, 2.05) is 25.1 Å². The Kier molecular flexibility index (Phi) is 2.76. The van der Waals surface area contributed by atoms with Crippen LogP contribution in [0.5, 0.6) is 0 Å². The van der Waals surface area contributed by atoms with Crippen molar-refractivity contribution in [3.8, 4) is 0 Å². The van der Waals surface area contributed by atoms with Gasteiger partial charge in [-0.2, -0.15) is 4.91 Å². The van der Waals surface area contributed by atoms with Crippen LogP contribution in [0.25, 0.3) is 0 Å². The molecule has 0 unspecified atom stereocenters. The summed E-state index contributed by atoms with van der Waals surface area (Å²) in [5.74, 6) is 0. The molecule has 0 saturated heterocycles. The molecule has 2 nitrogen and oxygen atoms in total. The number of nitrogens with zero attached hydrogens (tertiary/aromatic N) is 1. The molecule has 0 heterocycles. The largest absolute Gasteiger partial charge is 0.150 e. The van der Waals surface area contributed by atoms with Crippen molar-refractivity contribution in [2.75, 3.05) is 0 Å². The minimum atomic E-state index is 0.250. The third-order valence-electron chi connectivity index (χ3n) is 1.35. The highest BCUT2D eigenvalue weighted by Gasteiger charge is 1.95. The Morgan fingerprint density at radius 1 is 1.45 bits per heavy atom. The van der Waals surface area contributed by atoms with Gasteiger partial charge in [-0.05, 0) is 30.2 Å². The summed E-state index contributed by atoms with van der Waals surface area (Å²) in [5.41, 5.74) is 2.09. The van der Waals surface area contributed by atoms with Crippen LogP contribution in [-0.2, 0) is 6.54 Å². The van der Waals surface area contributed by atoms with Crippen molar-refractivity contribution >= 4 is 15.9 Å². The zero-order valence-corrected chi connectivity index (χ0v) is 7.76. The Bertz CT molecular complexity index is 253. The van der Waals surface area contributed by atoms with Crippen molar-refractivity contribution in [3.05, 3.63) is 38.7 Å². The first-order chi connectivity index (χ1) is 5.22. The smallest absolute Gasteiger partial charge is 0.106 e. The van der Waals surface area contributed by atoms with E-state index in [9.17, 15) is 4.91 Å². The second-order valence-corrected chi connectivity index (χ2v) is 3.34. The molecular weight excluding hydrogens is 206 g/mol. The molecular formula is C8H8BrNO. The van der Waals surface area contributed by atoms with Gasteiger partial charge < -0.3 is 0 Å². The Balaban J connectivity index is 2.98. The van der Waals surface area contributed by atoms with E-state index in [4.69, 9.17) is 0 Å². The predicted octanol–water partition coefficient (Wildman–Crippen LogP) is 3.02. The highest BCUT2D eigenvalue weighted by atomic mass is 79.9. The minimum Gasteiger partial charge on any atom is -0.150 e. The van der Waals surface area contributed by atoms with Crippen molar-refractivity contribution in [1.82, 2.24) is 0 Å². The number of aryl methyl sites for hydroxylation is 1. The molecule has 0 fully saturated rings. The zero-order valence-electron chi connectivity index (χ0n) is 6.17. The maximum atomic E-state index is 9.93. The quantitative estimate of drug-likeness (QED) is 0.695. The van der Waals surface area contributed by atoms with Crippen molar-refractivity contribution in [2.45, 2.75) is 13.5 Å². The molecule has 0 N–H and O–H groups in total. The van der Waals surface area contributed by atoms with Crippen LogP contribution in [0.1, 0.15) is 11.1 Å². The minimum absolute atomic E-state index is 0.250. The van der Waals surface area contributed by atoms with Crippen LogP contribution in [0.3, 0.4) is 0 Å². The van der Waals surface area contributed by atoms with Gasteiger partial charge in [0.2, 0.25) is 0 Å². The lowest BCUT2D eigenvalue weighted by Gasteiger charge is -1.98. The first-order valence-corrected chi connectivity index (χ1v) is 4.07. The Morgan fingerprint density at radius 3 is 2.73 bits per heavy atom. The molecule has 1 aromatic rings. The summed E-state index contributed by atoms with van der Waals surface area (Å²) >= 11 is 3.34. The number of halogens is 1. The molecule has 0 bridgehead atoms. The second kappa shape index (κ2) is 3.62. The van der Waals surface area contributed by atoms with Crippen LogP contribution in [0.4, 0.5) is 0 Å². The Labute approximate surface area is 73.7 Å². The summed E-state index contributed by atoms with van der Waals surface area (Å²) in [6.07, 6.45) is 0. The first-order valence-electron chi connectivity index (χ1n) is 3.27. The highest BCUT2D eigenvalue weighted by Crippen LogP contribution is 2.15. The van der Waals surface area contributed by atoms with Crippen LogP contribution in [0.15, 0.2) is 27.8 Å².